The molecule has 0 N–H and O–H groups in total. The van der Waals surface area contributed by atoms with Gasteiger partial charge in [-0.3, -0.25) is 0 Å². The summed E-state index contributed by atoms with van der Waals surface area (Å²) in [6.45, 7) is 0. The first kappa shape index (κ1) is 40.3. The molecule has 0 aliphatic rings. The number of aliphatic carboxylic acids is 3. The Kier molecular flexibility index (Phi) is 32.8. The van der Waals surface area contributed by atoms with Crippen molar-refractivity contribution in [2.24, 2.45) is 0 Å². The van der Waals surface area contributed by atoms with Crippen LogP contribution >= 0.6 is 7.82 Å². The van der Waals surface area contributed by atoms with E-state index in [1.807, 2.05) is 0 Å². The van der Waals surface area contributed by atoms with Crippen molar-refractivity contribution in [3.63, 3.8) is 0 Å². The van der Waals surface area contributed by atoms with Crippen LogP contribution in [-0.4, -0.2) is 23.5 Å². The van der Waals surface area contributed by atoms with Gasteiger partial charge in [0.25, 0.3) is 0 Å². The Morgan fingerprint density at radius 1 is 0.818 bits per heavy atom. The Bertz CT molecular complexity index is 381. The fraction of sp³-hybridized carbons (Fsp3) is 0.500. The fourth-order valence-corrected chi connectivity index (χ4v) is 1.62. The van der Waals surface area contributed by atoms with Crippen LogP contribution in [0.4, 0.5) is 0 Å². The summed E-state index contributed by atoms with van der Waals surface area (Å²) in [5, 5.41) is 30.9. The van der Waals surface area contributed by atoms with Crippen molar-refractivity contribution in [2.45, 2.75) is 18.4 Å². The number of rotatable bonds is 7. The van der Waals surface area contributed by atoms with Crippen LogP contribution in [0.15, 0.2) is 0 Å². The zero-order valence-corrected chi connectivity index (χ0v) is 23.8. The second-order valence-electron chi connectivity index (χ2n) is 2.92. The number of hydrogen-bond acceptors (Lipinski definition) is 10. The van der Waals surface area contributed by atoms with Crippen molar-refractivity contribution in [2.75, 3.05) is 0 Å². The molecular formula is C6H4Na5O10P. The largest absolute Gasteiger partial charge is 1.00 e. The van der Waals surface area contributed by atoms with Crippen molar-refractivity contribution in [1.29, 1.82) is 0 Å². The summed E-state index contributed by atoms with van der Waals surface area (Å²) >= 11 is 0. The fourth-order valence-electron chi connectivity index (χ4n) is 0.989. The molecule has 0 aromatic carbocycles. The van der Waals surface area contributed by atoms with Gasteiger partial charge in [-0.1, -0.05) is 0 Å². The molecule has 0 aliphatic carbocycles. The molecule has 0 saturated carbocycles. The third-order valence-corrected chi connectivity index (χ3v) is 2.09. The van der Waals surface area contributed by atoms with Gasteiger partial charge in [0.05, 0.1) is 13.8 Å². The van der Waals surface area contributed by atoms with Gasteiger partial charge in [-0.25, -0.2) is 0 Å². The van der Waals surface area contributed by atoms with E-state index in [1.165, 1.54) is 0 Å². The molecule has 0 spiro atoms. The van der Waals surface area contributed by atoms with E-state index >= 15 is 0 Å². The van der Waals surface area contributed by atoms with Crippen LogP contribution in [0, 0.1) is 0 Å². The zero-order valence-electron chi connectivity index (χ0n) is 12.9. The molecule has 98 valence electrons. The molecule has 22 heavy (non-hydrogen) atoms. The van der Waals surface area contributed by atoms with Crippen LogP contribution in [-0.2, 0) is 23.5 Å². The molecule has 0 amide bonds. The number of carbonyl (C=O) groups excluding carboxylic acids is 3. The van der Waals surface area contributed by atoms with Crippen LogP contribution in [0.5, 0.6) is 0 Å². The molecule has 0 unspecified atom stereocenters. The van der Waals surface area contributed by atoms with E-state index in [-0.39, 0.29) is 148 Å². The maximum absolute atomic E-state index is 10.6. The minimum Gasteiger partial charge on any atom is -0.790 e. The Labute approximate surface area is 236 Å². The topological polar surface area (TPSA) is 193 Å². The average molecular weight is 382 g/mol. The summed E-state index contributed by atoms with van der Waals surface area (Å²) in [5.74, 6) is -6.80. The molecule has 0 aromatic heterocycles. The number of phosphoric ester groups is 1. The van der Waals surface area contributed by atoms with E-state index in [9.17, 15) is 44.1 Å². The first-order valence-corrected chi connectivity index (χ1v) is 5.28. The molecule has 0 rings (SSSR count). The molecular weight excluding hydrogens is 378 g/mol. The zero-order chi connectivity index (χ0) is 13.9. The van der Waals surface area contributed by atoms with Crippen molar-refractivity contribution in [3.8, 4) is 0 Å². The van der Waals surface area contributed by atoms with Gasteiger partial charge in [-0.15, -0.1) is 0 Å². The minimum absolute atomic E-state index is 0. The SMILES string of the molecule is O=C([O-])CC(CC(=O)[O-])(OP(=O)([O-])[O-])C(=O)[O-].[Na+].[Na+].[Na+].[Na+].[Na+]. The van der Waals surface area contributed by atoms with Crippen LogP contribution in [0.1, 0.15) is 12.8 Å². The maximum atomic E-state index is 10.6. The van der Waals surface area contributed by atoms with Gasteiger partial charge in [0.1, 0.15) is 5.60 Å². The summed E-state index contributed by atoms with van der Waals surface area (Å²) in [5.41, 5.74) is -3.38. The second kappa shape index (κ2) is 17.9. The normalized spacial score (nSPS) is 9.36. The van der Waals surface area contributed by atoms with E-state index in [4.69, 9.17) is 0 Å². The monoisotopic (exact) mass is 382 g/mol. The standard InChI is InChI=1S/C6H9O10P.5Na/c7-3(8)1-6(5(11)12,2-4(9)10)16-17(13,14)15;;;;;/h1-2H2,(H,7,8)(H,9,10)(H,11,12)(H2,13,14,15);;;;;/q;5*+1/p-5. The molecule has 10 nitrogen and oxygen atoms in total. The minimum atomic E-state index is -5.96. The molecule has 16 heteroatoms. The maximum Gasteiger partial charge on any atom is 1.00 e. The molecule has 0 atom stereocenters. The predicted octanol–water partition coefficient (Wildman–Crippen LogP) is -21.4. The summed E-state index contributed by atoms with van der Waals surface area (Å²) < 4.78 is 13.7. The van der Waals surface area contributed by atoms with Crippen molar-refractivity contribution in [1.82, 2.24) is 0 Å². The van der Waals surface area contributed by atoms with Gasteiger partial charge >= 0.3 is 148 Å². The van der Waals surface area contributed by atoms with Crippen LogP contribution in [0.3, 0.4) is 0 Å². The van der Waals surface area contributed by atoms with Crippen molar-refractivity contribution < 1.29 is 196 Å². The van der Waals surface area contributed by atoms with Gasteiger partial charge in [-0.2, -0.15) is 0 Å². The Hall–Kier alpha value is 3.52. The quantitative estimate of drug-likeness (QED) is 0.301. The number of carboxylic acid groups (broad SMARTS) is 3. The third-order valence-electron chi connectivity index (χ3n) is 1.52. The van der Waals surface area contributed by atoms with Crippen LogP contribution < -0.4 is 173 Å². The number of carbonyl (C=O) groups is 3. The Morgan fingerprint density at radius 2 is 1.09 bits per heavy atom. The first-order chi connectivity index (χ1) is 7.48. The van der Waals surface area contributed by atoms with Crippen LogP contribution in [0.25, 0.3) is 0 Å². The Morgan fingerprint density at radius 3 is 1.23 bits per heavy atom. The second-order valence-corrected chi connectivity index (χ2v) is 3.99. The molecule has 0 heterocycles. The van der Waals surface area contributed by atoms with E-state index < -0.39 is 44.2 Å². The van der Waals surface area contributed by atoms with E-state index in [1.54, 1.807) is 0 Å². The molecule has 0 radical (unpaired) electrons. The number of hydrogen-bond donors (Lipinski definition) is 0. The summed E-state index contributed by atoms with van der Waals surface area (Å²) in [4.78, 5) is 51.4. The molecule has 0 fully saturated rings. The number of phosphoric acid groups is 1. The molecule has 0 aliphatic heterocycles. The van der Waals surface area contributed by atoms with Gasteiger partial charge in [0.15, 0.2) is 0 Å². The summed E-state index contributed by atoms with van der Waals surface area (Å²) in [6.07, 6.45) is -3.39. The molecule has 0 bridgehead atoms. The van der Waals surface area contributed by atoms with Gasteiger partial charge < -0.3 is 48.6 Å². The molecule has 0 saturated heterocycles. The summed E-state index contributed by atoms with van der Waals surface area (Å²) in [6, 6.07) is 0. The van der Waals surface area contributed by atoms with Crippen LogP contribution in [0.2, 0.25) is 0 Å². The molecule has 0 aromatic rings. The third kappa shape index (κ3) is 18.3. The Balaban J connectivity index is -0.000000128. The predicted molar refractivity (Wildman–Crippen MR) is 35.7 cm³/mol. The van der Waals surface area contributed by atoms with Gasteiger partial charge in [0.2, 0.25) is 0 Å². The average Bonchev–Trinajstić information content (AvgIpc) is 1.96. The van der Waals surface area contributed by atoms with E-state index in [0.29, 0.717) is 0 Å². The summed E-state index contributed by atoms with van der Waals surface area (Å²) in [7, 11) is -5.96. The van der Waals surface area contributed by atoms with Crippen molar-refractivity contribution in [3.05, 3.63) is 0 Å². The number of carboxylic acids is 3. The smallest absolute Gasteiger partial charge is 0.790 e. The first-order valence-electron chi connectivity index (χ1n) is 3.82. The van der Waals surface area contributed by atoms with Gasteiger partial charge in [-0.05, 0) is 0 Å². The van der Waals surface area contributed by atoms with Crippen molar-refractivity contribution >= 4 is 25.7 Å². The van der Waals surface area contributed by atoms with E-state index in [2.05, 4.69) is 4.52 Å². The van der Waals surface area contributed by atoms with Gasteiger partial charge in [0, 0.05) is 24.8 Å². The van der Waals surface area contributed by atoms with E-state index in [0.717, 1.165) is 0 Å².